The number of carboxylic acid groups (broad SMARTS) is 1. The molecule has 2 atom stereocenters. The molecular formula is C20H23NO4. The minimum Gasteiger partial charge on any atom is -0.508 e. The molecule has 1 aliphatic rings. The van der Waals surface area contributed by atoms with E-state index in [1.807, 2.05) is 37.3 Å². The number of hydrogen-bond acceptors (Lipinski definition) is 3. The van der Waals surface area contributed by atoms with Crippen LogP contribution in [-0.2, 0) is 12.8 Å². The van der Waals surface area contributed by atoms with Gasteiger partial charge in [-0.3, -0.25) is 0 Å². The normalized spacial score (nSPS) is 17.6. The molecule has 0 fully saturated rings. The predicted molar refractivity (Wildman–Crippen MR) is 94.8 cm³/mol. The second-order valence-corrected chi connectivity index (χ2v) is 6.71. The number of aromatic hydroxyl groups is 1. The second kappa shape index (κ2) is 7.15. The minimum absolute atomic E-state index is 0.0389. The third-order valence-corrected chi connectivity index (χ3v) is 4.91. The molecule has 25 heavy (non-hydrogen) atoms. The number of hydrogen-bond donors (Lipinski definition) is 3. The zero-order valence-electron chi connectivity index (χ0n) is 14.2. The van der Waals surface area contributed by atoms with Crippen LogP contribution < -0.4 is 0 Å². The lowest BCUT2D eigenvalue weighted by atomic mass is 9.87. The fourth-order valence-electron chi connectivity index (χ4n) is 3.45. The van der Waals surface area contributed by atoms with Gasteiger partial charge < -0.3 is 20.2 Å². The van der Waals surface area contributed by atoms with Crippen molar-refractivity contribution in [1.82, 2.24) is 4.90 Å². The van der Waals surface area contributed by atoms with E-state index in [1.165, 1.54) is 4.90 Å². The van der Waals surface area contributed by atoms with Crippen LogP contribution in [0.25, 0.3) is 0 Å². The van der Waals surface area contributed by atoms with Crippen LogP contribution in [0, 0.1) is 6.92 Å². The summed E-state index contributed by atoms with van der Waals surface area (Å²) in [6, 6.07) is 12.5. The van der Waals surface area contributed by atoms with Gasteiger partial charge in [0.05, 0.1) is 12.6 Å². The number of fused-ring (bicyclic) bond motifs is 1. The summed E-state index contributed by atoms with van der Waals surface area (Å²) in [6.45, 7) is 2.01. The number of aliphatic hydroxyl groups excluding tert-OH is 1. The van der Waals surface area contributed by atoms with Crippen LogP contribution >= 0.6 is 0 Å². The molecule has 0 saturated heterocycles. The second-order valence-electron chi connectivity index (χ2n) is 6.71. The van der Waals surface area contributed by atoms with Crippen molar-refractivity contribution in [3.63, 3.8) is 0 Å². The quantitative estimate of drug-likeness (QED) is 0.797. The monoisotopic (exact) mass is 341 g/mol. The van der Waals surface area contributed by atoms with E-state index in [1.54, 1.807) is 12.1 Å². The molecule has 3 N–H and O–H groups in total. The van der Waals surface area contributed by atoms with Gasteiger partial charge in [-0.25, -0.2) is 4.79 Å². The van der Waals surface area contributed by atoms with E-state index < -0.39 is 12.2 Å². The van der Waals surface area contributed by atoms with E-state index in [4.69, 9.17) is 0 Å². The fraction of sp³-hybridized carbons (Fsp3) is 0.350. The maximum atomic E-state index is 11.8. The van der Waals surface area contributed by atoms with Crippen molar-refractivity contribution in [3.05, 3.63) is 64.7 Å². The predicted octanol–water partition coefficient (Wildman–Crippen LogP) is 3.27. The average Bonchev–Trinajstić information content (AvgIpc) is 2.59. The van der Waals surface area contributed by atoms with Crippen molar-refractivity contribution < 1.29 is 20.1 Å². The number of aryl methyl sites for hydroxylation is 2. The summed E-state index contributed by atoms with van der Waals surface area (Å²) < 4.78 is 0. The van der Waals surface area contributed by atoms with Gasteiger partial charge in [0.1, 0.15) is 5.75 Å². The van der Waals surface area contributed by atoms with E-state index in [9.17, 15) is 20.1 Å². The van der Waals surface area contributed by atoms with Gasteiger partial charge in [-0.2, -0.15) is 0 Å². The first-order chi connectivity index (χ1) is 11.9. The Bertz CT molecular complexity index is 757. The summed E-state index contributed by atoms with van der Waals surface area (Å²) in [4.78, 5) is 13.1. The molecular weight excluding hydrogens is 318 g/mol. The summed E-state index contributed by atoms with van der Waals surface area (Å²) in [6.07, 6.45) is 0.147. The highest BCUT2D eigenvalue weighted by molar-refractivity contribution is 5.65. The molecule has 132 valence electrons. The van der Waals surface area contributed by atoms with Gasteiger partial charge in [0.15, 0.2) is 0 Å². The Morgan fingerprint density at radius 3 is 2.60 bits per heavy atom. The van der Waals surface area contributed by atoms with Gasteiger partial charge in [-0.05, 0) is 55.0 Å². The van der Waals surface area contributed by atoms with Crippen LogP contribution in [0.1, 0.15) is 34.8 Å². The zero-order valence-corrected chi connectivity index (χ0v) is 14.2. The molecule has 0 saturated carbocycles. The Balaban J connectivity index is 1.75. The molecule has 1 aliphatic carbocycles. The molecule has 0 heterocycles. The molecule has 0 spiro atoms. The SMILES string of the molecule is Cc1ccc(C(O)CN(C(=O)O)C2CCc3ccc(O)cc3C2)cc1. The number of benzene rings is 2. The Hall–Kier alpha value is -2.53. The highest BCUT2D eigenvalue weighted by Gasteiger charge is 2.29. The van der Waals surface area contributed by atoms with Crippen LogP contribution in [-0.4, -0.2) is 38.9 Å². The number of phenolic OH excluding ortho intramolecular Hbond substituents is 1. The molecule has 1 amide bonds. The average molecular weight is 341 g/mol. The number of aliphatic hydroxyl groups is 1. The lowest BCUT2D eigenvalue weighted by Crippen LogP contribution is -2.44. The van der Waals surface area contributed by atoms with Crippen molar-refractivity contribution in [3.8, 4) is 5.75 Å². The van der Waals surface area contributed by atoms with Gasteiger partial charge in [-0.15, -0.1) is 0 Å². The van der Waals surface area contributed by atoms with Crippen molar-refractivity contribution >= 4 is 6.09 Å². The van der Waals surface area contributed by atoms with Gasteiger partial charge in [0, 0.05) is 6.04 Å². The van der Waals surface area contributed by atoms with Gasteiger partial charge in [0.2, 0.25) is 0 Å². The lowest BCUT2D eigenvalue weighted by molar-refractivity contribution is 0.0727. The van der Waals surface area contributed by atoms with Gasteiger partial charge >= 0.3 is 6.09 Å². The number of nitrogens with zero attached hydrogens (tertiary/aromatic N) is 1. The van der Waals surface area contributed by atoms with E-state index in [-0.39, 0.29) is 18.3 Å². The third kappa shape index (κ3) is 3.94. The number of amides is 1. The standard InChI is InChI=1S/C20H23NO4/c1-13-2-4-15(5-3-13)19(23)12-21(20(24)25)17-8-6-14-7-9-18(22)11-16(14)10-17/h2-5,7,9,11,17,19,22-23H,6,8,10,12H2,1H3,(H,24,25). The Kier molecular flexibility index (Phi) is 4.95. The maximum Gasteiger partial charge on any atom is 0.407 e. The summed E-state index contributed by atoms with van der Waals surface area (Å²) in [5, 5.41) is 29.8. The first kappa shape index (κ1) is 17.3. The van der Waals surface area contributed by atoms with E-state index in [0.717, 1.165) is 23.1 Å². The molecule has 0 bridgehead atoms. The number of carbonyl (C=O) groups is 1. The lowest BCUT2D eigenvalue weighted by Gasteiger charge is -2.34. The summed E-state index contributed by atoms with van der Waals surface area (Å²) in [5.74, 6) is 0.195. The van der Waals surface area contributed by atoms with Crippen LogP contribution in [0.3, 0.4) is 0 Å². The largest absolute Gasteiger partial charge is 0.508 e. The molecule has 0 radical (unpaired) electrons. The Labute approximate surface area is 147 Å². The van der Waals surface area contributed by atoms with Crippen LogP contribution in [0.4, 0.5) is 4.79 Å². The molecule has 5 nitrogen and oxygen atoms in total. The first-order valence-electron chi connectivity index (χ1n) is 8.49. The number of rotatable bonds is 4. The van der Waals surface area contributed by atoms with Crippen molar-refractivity contribution in [1.29, 1.82) is 0 Å². The summed E-state index contributed by atoms with van der Waals surface area (Å²) in [5.41, 5.74) is 3.94. The van der Waals surface area contributed by atoms with Crippen molar-refractivity contribution in [2.24, 2.45) is 0 Å². The van der Waals surface area contributed by atoms with Crippen LogP contribution in [0.2, 0.25) is 0 Å². The van der Waals surface area contributed by atoms with Gasteiger partial charge in [-0.1, -0.05) is 35.9 Å². The highest BCUT2D eigenvalue weighted by Crippen LogP contribution is 2.28. The number of phenols is 1. The van der Waals surface area contributed by atoms with Crippen molar-refractivity contribution in [2.45, 2.75) is 38.3 Å². The zero-order chi connectivity index (χ0) is 18.0. The minimum atomic E-state index is -1.03. The molecule has 5 heteroatoms. The summed E-state index contributed by atoms with van der Waals surface area (Å²) >= 11 is 0. The molecule has 2 aromatic rings. The first-order valence-corrected chi connectivity index (χ1v) is 8.49. The Morgan fingerprint density at radius 1 is 1.20 bits per heavy atom. The van der Waals surface area contributed by atoms with Crippen LogP contribution in [0.15, 0.2) is 42.5 Å². The van der Waals surface area contributed by atoms with E-state index in [2.05, 4.69) is 0 Å². The fourth-order valence-corrected chi connectivity index (χ4v) is 3.45. The van der Waals surface area contributed by atoms with E-state index in [0.29, 0.717) is 18.4 Å². The summed E-state index contributed by atoms with van der Waals surface area (Å²) in [7, 11) is 0. The molecule has 2 aromatic carbocycles. The van der Waals surface area contributed by atoms with Crippen LogP contribution in [0.5, 0.6) is 5.75 Å². The molecule has 0 aromatic heterocycles. The third-order valence-electron chi connectivity index (χ3n) is 4.91. The van der Waals surface area contributed by atoms with E-state index >= 15 is 0 Å². The molecule has 2 unspecified atom stereocenters. The Morgan fingerprint density at radius 2 is 1.92 bits per heavy atom. The van der Waals surface area contributed by atoms with Crippen molar-refractivity contribution in [2.75, 3.05) is 6.54 Å². The smallest absolute Gasteiger partial charge is 0.407 e. The van der Waals surface area contributed by atoms with Gasteiger partial charge in [0.25, 0.3) is 0 Å². The topological polar surface area (TPSA) is 81.0 Å². The maximum absolute atomic E-state index is 11.8. The molecule has 0 aliphatic heterocycles. The highest BCUT2D eigenvalue weighted by atomic mass is 16.4. The molecule has 3 rings (SSSR count).